The number of rotatable bonds is 2. The fourth-order valence-corrected chi connectivity index (χ4v) is 0.727. The molecule has 0 bridgehead atoms. The molecule has 0 aliphatic rings. The van der Waals surface area contributed by atoms with Crippen LogP contribution in [0.25, 0.3) is 0 Å². The number of azo groups is 1. The maximum Gasteiger partial charge on any atom is 0.433 e. The van der Waals surface area contributed by atoms with E-state index in [-0.39, 0.29) is 12.1 Å². The van der Waals surface area contributed by atoms with Gasteiger partial charge in [-0.25, -0.2) is 0 Å². The van der Waals surface area contributed by atoms with Crippen LogP contribution in [0.2, 0.25) is 0 Å². The fourth-order valence-electron chi connectivity index (χ4n) is 0.727. The van der Waals surface area contributed by atoms with Gasteiger partial charge in [0.1, 0.15) is 5.69 Å². The molecular formula is C7H4F3N3O. The largest absolute Gasteiger partial charge is 0.433 e. The van der Waals surface area contributed by atoms with Crippen molar-refractivity contribution in [1.29, 1.82) is 0 Å². The Balaban J connectivity index is 3.01. The number of nitrogens with zero attached hydrogens (tertiary/aromatic N) is 3. The van der Waals surface area contributed by atoms with Crippen LogP contribution < -0.4 is 0 Å². The van der Waals surface area contributed by atoms with Crippen LogP contribution in [0, 0.1) is 0 Å². The fraction of sp³-hybridized carbons (Fsp3) is 0.143. The summed E-state index contributed by atoms with van der Waals surface area (Å²) in [5.74, 6) is 0. The summed E-state index contributed by atoms with van der Waals surface area (Å²) in [5.41, 5.74) is -1.14. The Bertz CT molecular complexity index is 361. The lowest BCUT2D eigenvalue weighted by molar-refractivity contribution is -0.141. The zero-order chi connectivity index (χ0) is 10.6. The normalized spacial score (nSPS) is 11.9. The van der Waals surface area contributed by atoms with Gasteiger partial charge >= 0.3 is 6.18 Å². The lowest BCUT2D eigenvalue weighted by Crippen LogP contribution is -2.06. The van der Waals surface area contributed by atoms with Crippen molar-refractivity contribution in [1.82, 2.24) is 4.98 Å². The van der Waals surface area contributed by atoms with E-state index in [1.54, 1.807) is 0 Å². The minimum absolute atomic E-state index is 0.0700. The molecule has 0 atom stereocenters. The van der Waals surface area contributed by atoms with Crippen LogP contribution in [-0.4, -0.2) is 11.4 Å². The third-order valence-corrected chi connectivity index (χ3v) is 1.25. The van der Waals surface area contributed by atoms with Crippen molar-refractivity contribution in [3.63, 3.8) is 0 Å². The van der Waals surface area contributed by atoms with Gasteiger partial charge in [-0.3, -0.25) is 9.78 Å². The van der Waals surface area contributed by atoms with Crippen LogP contribution >= 0.6 is 0 Å². The summed E-state index contributed by atoms with van der Waals surface area (Å²) in [6.07, 6.45) is -3.44. The Morgan fingerprint density at radius 3 is 2.71 bits per heavy atom. The van der Waals surface area contributed by atoms with Gasteiger partial charge < -0.3 is 0 Å². The number of halogens is 3. The van der Waals surface area contributed by atoms with Crippen molar-refractivity contribution in [2.24, 2.45) is 10.2 Å². The summed E-state index contributed by atoms with van der Waals surface area (Å²) in [6, 6.07) is 1.91. The van der Waals surface area contributed by atoms with Crippen molar-refractivity contribution in [3.05, 3.63) is 24.0 Å². The number of amides is 1. The van der Waals surface area contributed by atoms with Crippen LogP contribution in [0.15, 0.2) is 28.6 Å². The Morgan fingerprint density at radius 2 is 2.14 bits per heavy atom. The van der Waals surface area contributed by atoms with Gasteiger partial charge in [-0.15, -0.1) is 10.2 Å². The van der Waals surface area contributed by atoms with E-state index >= 15 is 0 Å². The van der Waals surface area contributed by atoms with E-state index in [4.69, 9.17) is 0 Å². The number of hydrogen-bond donors (Lipinski definition) is 0. The molecule has 0 fully saturated rings. The molecule has 74 valence electrons. The highest BCUT2D eigenvalue weighted by molar-refractivity contribution is 5.48. The number of aromatic nitrogens is 1. The van der Waals surface area contributed by atoms with Crippen LogP contribution in [-0.2, 0) is 11.0 Å². The van der Waals surface area contributed by atoms with Crippen molar-refractivity contribution in [2.45, 2.75) is 6.18 Å². The Morgan fingerprint density at radius 1 is 1.43 bits per heavy atom. The molecule has 0 radical (unpaired) electrons. The molecule has 0 spiro atoms. The SMILES string of the molecule is O=CN=Nc1ccnc(C(F)(F)F)c1. The minimum atomic E-state index is -4.52. The average Bonchev–Trinajstić information content (AvgIpc) is 2.14. The van der Waals surface area contributed by atoms with Gasteiger partial charge in [0.05, 0.1) is 5.69 Å². The Hall–Kier alpha value is -1.79. The highest BCUT2D eigenvalue weighted by Gasteiger charge is 2.32. The molecule has 0 saturated heterocycles. The summed E-state index contributed by atoms with van der Waals surface area (Å²) < 4.78 is 36.3. The Kier molecular flexibility index (Phi) is 2.90. The van der Waals surface area contributed by atoms with E-state index in [2.05, 4.69) is 15.2 Å². The predicted octanol–water partition coefficient (Wildman–Crippen LogP) is 2.34. The molecule has 14 heavy (non-hydrogen) atoms. The zero-order valence-corrected chi connectivity index (χ0v) is 6.69. The van der Waals surface area contributed by atoms with Crippen LogP contribution in [0.5, 0.6) is 0 Å². The molecule has 7 heteroatoms. The highest BCUT2D eigenvalue weighted by Crippen LogP contribution is 2.29. The van der Waals surface area contributed by atoms with Crippen molar-refractivity contribution >= 4 is 12.1 Å². The van der Waals surface area contributed by atoms with Crippen molar-refractivity contribution in [2.75, 3.05) is 0 Å². The first-order valence-electron chi connectivity index (χ1n) is 3.42. The summed E-state index contributed by atoms with van der Waals surface area (Å²) in [7, 11) is 0. The third-order valence-electron chi connectivity index (χ3n) is 1.25. The predicted molar refractivity (Wildman–Crippen MR) is 39.8 cm³/mol. The second-order valence-electron chi connectivity index (χ2n) is 2.22. The van der Waals surface area contributed by atoms with Gasteiger partial charge in [0, 0.05) is 6.20 Å². The van der Waals surface area contributed by atoms with Crippen LogP contribution in [0.3, 0.4) is 0 Å². The zero-order valence-electron chi connectivity index (χ0n) is 6.69. The molecule has 4 nitrogen and oxygen atoms in total. The van der Waals surface area contributed by atoms with Crippen molar-refractivity contribution in [3.8, 4) is 0 Å². The number of carbonyl (C=O) groups is 1. The molecule has 0 aliphatic heterocycles. The van der Waals surface area contributed by atoms with Gasteiger partial charge in [-0.2, -0.15) is 13.2 Å². The van der Waals surface area contributed by atoms with E-state index in [1.807, 2.05) is 0 Å². The smallest absolute Gasteiger partial charge is 0.275 e. The van der Waals surface area contributed by atoms with Gasteiger partial charge in [0.2, 0.25) is 0 Å². The molecule has 1 aromatic rings. The van der Waals surface area contributed by atoms with E-state index < -0.39 is 11.9 Å². The third kappa shape index (κ3) is 2.61. The summed E-state index contributed by atoms with van der Waals surface area (Å²) in [4.78, 5) is 12.9. The first kappa shape index (κ1) is 10.3. The van der Waals surface area contributed by atoms with Crippen molar-refractivity contribution < 1.29 is 18.0 Å². The second kappa shape index (κ2) is 3.95. The molecular weight excluding hydrogens is 199 g/mol. The molecule has 1 aromatic heterocycles. The lowest BCUT2D eigenvalue weighted by Gasteiger charge is -2.04. The van der Waals surface area contributed by atoms with Gasteiger partial charge in [-0.05, 0) is 12.1 Å². The van der Waals surface area contributed by atoms with E-state index in [1.165, 1.54) is 6.07 Å². The number of alkyl halides is 3. The van der Waals surface area contributed by atoms with Gasteiger partial charge in [-0.1, -0.05) is 0 Å². The summed E-state index contributed by atoms with van der Waals surface area (Å²) >= 11 is 0. The van der Waals surface area contributed by atoms with Crippen LogP contribution in [0.4, 0.5) is 18.9 Å². The van der Waals surface area contributed by atoms with Gasteiger partial charge in [0.15, 0.2) is 0 Å². The number of pyridine rings is 1. The standard InChI is InChI=1S/C7H4F3N3O/c8-7(9,10)6-3-5(1-2-11-6)13-12-4-14/h1-4H. The Labute approximate surface area is 76.5 Å². The topological polar surface area (TPSA) is 54.7 Å². The van der Waals surface area contributed by atoms with E-state index in [0.717, 1.165) is 6.20 Å². The quantitative estimate of drug-likeness (QED) is 0.547. The number of hydrogen-bond acceptors (Lipinski definition) is 3. The monoisotopic (exact) mass is 203 g/mol. The summed E-state index contributed by atoms with van der Waals surface area (Å²) in [5, 5.41) is 6.13. The maximum absolute atomic E-state index is 12.1. The molecule has 1 heterocycles. The minimum Gasteiger partial charge on any atom is -0.275 e. The summed E-state index contributed by atoms with van der Waals surface area (Å²) in [6.45, 7) is 0. The van der Waals surface area contributed by atoms with E-state index in [0.29, 0.717) is 6.07 Å². The first-order valence-corrected chi connectivity index (χ1v) is 3.42. The first-order chi connectivity index (χ1) is 6.54. The average molecular weight is 203 g/mol. The molecule has 1 rings (SSSR count). The lowest BCUT2D eigenvalue weighted by atomic mass is 10.3. The molecule has 0 N–H and O–H groups in total. The van der Waals surface area contributed by atoms with E-state index in [9.17, 15) is 18.0 Å². The molecule has 0 aliphatic carbocycles. The molecule has 0 saturated carbocycles. The molecule has 0 unspecified atom stereocenters. The second-order valence-corrected chi connectivity index (χ2v) is 2.22. The molecule has 1 amide bonds. The highest BCUT2D eigenvalue weighted by atomic mass is 19.4. The molecule has 0 aromatic carbocycles. The number of carbonyl (C=O) groups excluding carboxylic acids is 1. The van der Waals surface area contributed by atoms with Crippen LogP contribution in [0.1, 0.15) is 5.69 Å². The van der Waals surface area contributed by atoms with Gasteiger partial charge in [0.25, 0.3) is 6.41 Å². The maximum atomic E-state index is 12.1.